The molecule has 0 atom stereocenters. The van der Waals surface area contributed by atoms with Crippen molar-refractivity contribution in [2.75, 3.05) is 0 Å². The van der Waals surface area contributed by atoms with Gasteiger partial charge in [-0.25, -0.2) is 18.0 Å². The van der Waals surface area contributed by atoms with Gasteiger partial charge in [-0.05, 0) is 48.0 Å². The van der Waals surface area contributed by atoms with Crippen molar-refractivity contribution < 1.29 is 13.6 Å². The third-order valence-electron chi connectivity index (χ3n) is 4.40. The fourth-order valence-corrected chi connectivity index (χ4v) is 3.06. The third kappa shape index (κ3) is 4.06. The maximum atomic E-state index is 13.2. The number of amides is 1. The SMILES string of the molecule is O=C(Cn1ncn2nc(-c3ccc(F)cc3)cc2c1=O)NCc1ccc(F)c(Cl)c1. The normalized spacial score (nSPS) is 11.0. The number of carbonyl (C=O) groups excluding carboxylic acids is 1. The Balaban J connectivity index is 1.50. The molecule has 0 aliphatic rings. The second-order valence-corrected chi connectivity index (χ2v) is 6.89. The molecule has 0 saturated carbocycles. The first-order valence-corrected chi connectivity index (χ1v) is 9.20. The van der Waals surface area contributed by atoms with Crippen LogP contribution in [0.4, 0.5) is 8.78 Å². The van der Waals surface area contributed by atoms with E-state index >= 15 is 0 Å². The van der Waals surface area contributed by atoms with Crippen LogP contribution in [0.1, 0.15) is 5.56 Å². The average molecular weight is 430 g/mol. The predicted molar refractivity (Wildman–Crippen MR) is 106 cm³/mol. The number of nitrogens with zero attached hydrogens (tertiary/aromatic N) is 4. The lowest BCUT2D eigenvalue weighted by atomic mass is 10.1. The van der Waals surface area contributed by atoms with Crippen LogP contribution in [0.2, 0.25) is 5.02 Å². The van der Waals surface area contributed by atoms with Crippen molar-refractivity contribution in [3.8, 4) is 11.3 Å². The Hall–Kier alpha value is -3.59. The highest BCUT2D eigenvalue weighted by Gasteiger charge is 2.12. The van der Waals surface area contributed by atoms with Crippen molar-refractivity contribution in [1.82, 2.24) is 24.7 Å². The zero-order valence-corrected chi connectivity index (χ0v) is 16.1. The van der Waals surface area contributed by atoms with Gasteiger partial charge in [-0.15, -0.1) is 0 Å². The molecule has 2 aromatic carbocycles. The van der Waals surface area contributed by atoms with Crippen LogP contribution >= 0.6 is 11.6 Å². The van der Waals surface area contributed by atoms with Gasteiger partial charge < -0.3 is 5.32 Å². The van der Waals surface area contributed by atoms with Crippen LogP contribution in [0.5, 0.6) is 0 Å². The summed E-state index contributed by atoms with van der Waals surface area (Å²) in [5.74, 6) is -1.37. The summed E-state index contributed by atoms with van der Waals surface area (Å²) >= 11 is 5.72. The number of rotatable bonds is 5. The molecule has 2 aromatic heterocycles. The molecule has 1 amide bonds. The molecule has 7 nitrogen and oxygen atoms in total. The van der Waals surface area contributed by atoms with Crippen molar-refractivity contribution in [1.29, 1.82) is 0 Å². The molecule has 4 rings (SSSR count). The minimum absolute atomic E-state index is 0.0391. The van der Waals surface area contributed by atoms with E-state index in [-0.39, 0.29) is 29.4 Å². The Labute approximate surface area is 173 Å². The summed E-state index contributed by atoms with van der Waals surface area (Å²) in [7, 11) is 0. The molecule has 0 saturated heterocycles. The van der Waals surface area contributed by atoms with E-state index in [1.807, 2.05) is 0 Å². The summed E-state index contributed by atoms with van der Waals surface area (Å²) in [5.41, 5.74) is 1.46. The number of carbonyl (C=O) groups is 1. The van der Waals surface area contributed by atoms with Gasteiger partial charge in [0, 0.05) is 12.1 Å². The first-order valence-electron chi connectivity index (χ1n) is 8.83. The van der Waals surface area contributed by atoms with E-state index < -0.39 is 17.3 Å². The summed E-state index contributed by atoms with van der Waals surface area (Å²) in [6.45, 7) is -0.182. The molecule has 0 radical (unpaired) electrons. The summed E-state index contributed by atoms with van der Waals surface area (Å²) in [4.78, 5) is 24.9. The van der Waals surface area contributed by atoms with E-state index in [2.05, 4.69) is 15.5 Å². The second kappa shape index (κ2) is 8.03. The van der Waals surface area contributed by atoms with Crippen LogP contribution in [0.25, 0.3) is 16.8 Å². The second-order valence-electron chi connectivity index (χ2n) is 6.49. The van der Waals surface area contributed by atoms with E-state index in [0.717, 1.165) is 4.68 Å². The number of nitrogens with one attached hydrogen (secondary N) is 1. The highest BCUT2D eigenvalue weighted by molar-refractivity contribution is 6.30. The summed E-state index contributed by atoms with van der Waals surface area (Å²) < 4.78 is 28.6. The summed E-state index contributed by atoms with van der Waals surface area (Å²) in [6, 6.07) is 11.4. The molecule has 0 aliphatic heterocycles. The number of hydrogen-bond acceptors (Lipinski definition) is 4. The van der Waals surface area contributed by atoms with Crippen LogP contribution in [0.15, 0.2) is 59.7 Å². The highest BCUT2D eigenvalue weighted by Crippen LogP contribution is 2.18. The third-order valence-corrected chi connectivity index (χ3v) is 4.69. The Morgan fingerprint density at radius 1 is 1.10 bits per heavy atom. The molecule has 0 fully saturated rings. The number of hydrogen-bond donors (Lipinski definition) is 1. The lowest BCUT2D eigenvalue weighted by Gasteiger charge is -2.07. The Morgan fingerprint density at radius 2 is 1.87 bits per heavy atom. The maximum absolute atomic E-state index is 13.2. The van der Waals surface area contributed by atoms with Crippen LogP contribution in [-0.2, 0) is 17.9 Å². The molecule has 2 heterocycles. The Bertz CT molecular complexity index is 1300. The van der Waals surface area contributed by atoms with Crippen molar-refractivity contribution in [2.24, 2.45) is 0 Å². The predicted octanol–water partition coefficient (Wildman–Crippen LogP) is 2.81. The topological polar surface area (TPSA) is 81.3 Å². The van der Waals surface area contributed by atoms with Crippen LogP contribution in [-0.4, -0.2) is 25.3 Å². The van der Waals surface area contributed by atoms with Crippen molar-refractivity contribution >= 4 is 23.0 Å². The smallest absolute Gasteiger partial charge is 0.293 e. The molecule has 0 unspecified atom stereocenters. The Morgan fingerprint density at radius 3 is 2.60 bits per heavy atom. The monoisotopic (exact) mass is 429 g/mol. The molecule has 4 aromatic rings. The van der Waals surface area contributed by atoms with E-state index in [0.29, 0.717) is 16.8 Å². The number of halogens is 3. The molecule has 30 heavy (non-hydrogen) atoms. The van der Waals surface area contributed by atoms with Gasteiger partial charge in [0.2, 0.25) is 5.91 Å². The molecule has 0 aliphatic carbocycles. The fourth-order valence-electron chi connectivity index (χ4n) is 2.85. The van der Waals surface area contributed by atoms with E-state index in [1.165, 1.54) is 41.2 Å². The lowest BCUT2D eigenvalue weighted by molar-refractivity contribution is -0.122. The van der Waals surface area contributed by atoms with Gasteiger partial charge in [-0.2, -0.15) is 10.2 Å². The fraction of sp³-hybridized carbons (Fsp3) is 0.100. The van der Waals surface area contributed by atoms with E-state index in [4.69, 9.17) is 11.6 Å². The van der Waals surface area contributed by atoms with Gasteiger partial charge in [-0.1, -0.05) is 17.7 Å². The minimum Gasteiger partial charge on any atom is -0.350 e. The molecular formula is C20H14ClF2N5O2. The number of fused-ring (bicyclic) bond motifs is 1. The molecule has 0 bridgehead atoms. The maximum Gasteiger partial charge on any atom is 0.293 e. The summed E-state index contributed by atoms with van der Waals surface area (Å²) in [5, 5.41) is 10.8. The number of aromatic nitrogens is 4. The minimum atomic E-state index is -0.545. The molecule has 10 heteroatoms. The van der Waals surface area contributed by atoms with Gasteiger partial charge in [0.1, 0.15) is 30.0 Å². The first kappa shape index (κ1) is 19.7. The molecule has 1 N–H and O–H groups in total. The number of benzene rings is 2. The summed E-state index contributed by atoms with van der Waals surface area (Å²) in [6.07, 6.45) is 1.32. The van der Waals surface area contributed by atoms with Crippen LogP contribution < -0.4 is 10.9 Å². The van der Waals surface area contributed by atoms with Gasteiger partial charge in [0.25, 0.3) is 5.56 Å². The van der Waals surface area contributed by atoms with Gasteiger partial charge >= 0.3 is 0 Å². The van der Waals surface area contributed by atoms with E-state index in [9.17, 15) is 18.4 Å². The highest BCUT2D eigenvalue weighted by atomic mass is 35.5. The average Bonchev–Trinajstić information content (AvgIpc) is 3.17. The van der Waals surface area contributed by atoms with Gasteiger partial charge in [0.05, 0.1) is 10.7 Å². The zero-order valence-electron chi connectivity index (χ0n) is 15.3. The molecular weight excluding hydrogens is 416 g/mol. The van der Waals surface area contributed by atoms with Gasteiger partial charge in [0.15, 0.2) is 0 Å². The zero-order chi connectivity index (χ0) is 21.3. The van der Waals surface area contributed by atoms with Crippen molar-refractivity contribution in [3.05, 3.63) is 87.4 Å². The van der Waals surface area contributed by atoms with Gasteiger partial charge in [-0.3, -0.25) is 9.59 Å². The standard InChI is InChI=1S/C20H14ClF2N5O2/c21-15-7-12(1-6-16(15)23)9-24-19(29)10-27-20(30)18-8-17(26-28(18)11-25-27)13-2-4-14(22)5-3-13/h1-8,11H,9-10H2,(H,24,29). The van der Waals surface area contributed by atoms with E-state index in [1.54, 1.807) is 18.2 Å². The van der Waals surface area contributed by atoms with Crippen molar-refractivity contribution in [2.45, 2.75) is 13.1 Å². The van der Waals surface area contributed by atoms with Crippen LogP contribution in [0.3, 0.4) is 0 Å². The molecule has 152 valence electrons. The lowest BCUT2D eigenvalue weighted by Crippen LogP contribution is -2.34. The Kier molecular flexibility index (Phi) is 5.28. The van der Waals surface area contributed by atoms with Crippen molar-refractivity contribution in [3.63, 3.8) is 0 Å². The molecule has 0 spiro atoms. The van der Waals surface area contributed by atoms with Crippen LogP contribution in [0, 0.1) is 11.6 Å². The quantitative estimate of drug-likeness (QED) is 0.529. The largest absolute Gasteiger partial charge is 0.350 e. The first-order chi connectivity index (χ1) is 14.4.